The van der Waals surface area contributed by atoms with E-state index in [1.54, 1.807) is 34.3 Å². The number of hydrogen-bond donors (Lipinski definition) is 1. The Morgan fingerprint density at radius 3 is 2.50 bits per heavy atom. The minimum Gasteiger partial charge on any atom is -0.465 e. The lowest BCUT2D eigenvalue weighted by Crippen LogP contribution is -2.35. The van der Waals surface area contributed by atoms with E-state index >= 15 is 0 Å². The molecule has 0 spiro atoms. The van der Waals surface area contributed by atoms with Crippen LogP contribution < -0.4 is 4.90 Å². The van der Waals surface area contributed by atoms with Crippen LogP contribution >= 0.6 is 0 Å². The van der Waals surface area contributed by atoms with Gasteiger partial charge in [-0.3, -0.25) is 4.79 Å². The Bertz CT molecular complexity index is 1160. The van der Waals surface area contributed by atoms with Crippen LogP contribution in [0.5, 0.6) is 0 Å². The number of anilines is 1. The van der Waals surface area contributed by atoms with E-state index in [9.17, 15) is 18.0 Å². The Kier molecular flexibility index (Phi) is 6.13. The second kappa shape index (κ2) is 8.71. The summed E-state index contributed by atoms with van der Waals surface area (Å²) in [5.74, 6) is -0.707. The lowest BCUT2D eigenvalue weighted by Gasteiger charge is -2.26. The van der Waals surface area contributed by atoms with Crippen molar-refractivity contribution in [2.45, 2.75) is 50.8 Å². The number of hydrogen-bond acceptors (Lipinski definition) is 5. The maximum atomic E-state index is 13.4. The lowest BCUT2D eigenvalue weighted by molar-refractivity contribution is 0.0599. The van der Waals surface area contributed by atoms with Crippen LogP contribution in [0.3, 0.4) is 0 Å². The monoisotopic (exact) mass is 459 g/mol. The molecule has 32 heavy (non-hydrogen) atoms. The molecule has 8 nitrogen and oxygen atoms in total. The highest BCUT2D eigenvalue weighted by atomic mass is 32.2. The summed E-state index contributed by atoms with van der Waals surface area (Å²) in [6, 6.07) is 5.01. The van der Waals surface area contributed by atoms with E-state index in [0.29, 0.717) is 60.7 Å². The number of aromatic nitrogens is 1. The number of carbonyl (C=O) groups excluding carboxylic acids is 2. The molecule has 0 unspecified atom stereocenters. The predicted octanol–water partition coefficient (Wildman–Crippen LogP) is 3.05. The second-order valence-electron chi connectivity index (χ2n) is 8.29. The molecule has 2 aromatic rings. The average Bonchev–Trinajstić information content (AvgIpc) is 3.39. The molecule has 1 fully saturated rings. The summed E-state index contributed by atoms with van der Waals surface area (Å²) in [6.45, 7) is 5.20. The molecule has 1 saturated heterocycles. The quantitative estimate of drug-likeness (QED) is 0.693. The predicted molar refractivity (Wildman–Crippen MR) is 121 cm³/mol. The Hall–Kier alpha value is -2.65. The van der Waals surface area contributed by atoms with Gasteiger partial charge in [-0.1, -0.05) is 13.3 Å². The van der Waals surface area contributed by atoms with Crippen LogP contribution in [0, 0.1) is 6.92 Å². The van der Waals surface area contributed by atoms with Gasteiger partial charge in [0, 0.05) is 31.0 Å². The van der Waals surface area contributed by atoms with Crippen LogP contribution in [0.25, 0.3) is 0 Å². The molecule has 172 valence electrons. The van der Waals surface area contributed by atoms with Crippen molar-refractivity contribution < 1.29 is 22.7 Å². The van der Waals surface area contributed by atoms with Crippen molar-refractivity contribution in [3.05, 3.63) is 46.3 Å². The molecule has 0 radical (unpaired) electrons. The number of nitrogens with zero attached hydrogens (tertiary/aromatic N) is 2. The van der Waals surface area contributed by atoms with E-state index in [2.05, 4.69) is 4.98 Å². The zero-order valence-electron chi connectivity index (χ0n) is 18.7. The van der Waals surface area contributed by atoms with Crippen molar-refractivity contribution >= 4 is 27.6 Å². The minimum absolute atomic E-state index is 0.238. The highest BCUT2D eigenvalue weighted by molar-refractivity contribution is 7.89. The highest BCUT2D eigenvalue weighted by Crippen LogP contribution is 2.33. The number of sulfonamides is 1. The van der Waals surface area contributed by atoms with Crippen molar-refractivity contribution in [2.75, 3.05) is 31.6 Å². The molecule has 2 aliphatic rings. The number of benzene rings is 1. The van der Waals surface area contributed by atoms with E-state index in [1.807, 2.05) is 6.92 Å². The van der Waals surface area contributed by atoms with Crippen LogP contribution in [-0.4, -0.2) is 56.3 Å². The van der Waals surface area contributed by atoms with Crippen molar-refractivity contribution in [3.8, 4) is 0 Å². The fraction of sp³-hybridized carbons (Fsp3) is 0.478. The van der Waals surface area contributed by atoms with Gasteiger partial charge < -0.3 is 14.6 Å². The molecular weight excluding hydrogens is 430 g/mol. The molecule has 3 heterocycles. The Labute approximate surface area is 188 Å². The lowest BCUT2D eigenvalue weighted by atomic mass is 10.1. The van der Waals surface area contributed by atoms with Crippen molar-refractivity contribution in [1.29, 1.82) is 0 Å². The average molecular weight is 460 g/mol. The van der Waals surface area contributed by atoms with Gasteiger partial charge >= 0.3 is 5.97 Å². The molecule has 1 amide bonds. The number of methoxy groups -OCH3 is 1. The first-order valence-electron chi connectivity index (χ1n) is 11.0. The van der Waals surface area contributed by atoms with Crippen molar-refractivity contribution in [3.63, 3.8) is 0 Å². The van der Waals surface area contributed by atoms with E-state index in [4.69, 9.17) is 4.74 Å². The first-order chi connectivity index (χ1) is 15.3. The summed E-state index contributed by atoms with van der Waals surface area (Å²) in [4.78, 5) is 30.6. The number of rotatable bonds is 5. The molecule has 4 rings (SSSR count). The minimum atomic E-state index is -3.53. The maximum absolute atomic E-state index is 13.4. The molecule has 0 saturated carbocycles. The number of ether oxygens (including phenoxy) is 1. The first kappa shape index (κ1) is 22.5. The largest absolute Gasteiger partial charge is 0.465 e. The number of aryl methyl sites for hydroxylation is 1. The topological polar surface area (TPSA) is 99.8 Å². The van der Waals surface area contributed by atoms with Gasteiger partial charge in [0.2, 0.25) is 10.0 Å². The van der Waals surface area contributed by atoms with Crippen molar-refractivity contribution in [1.82, 2.24) is 9.29 Å². The van der Waals surface area contributed by atoms with Gasteiger partial charge in [-0.05, 0) is 61.9 Å². The molecule has 9 heteroatoms. The smallest absolute Gasteiger partial charge is 0.339 e. The van der Waals surface area contributed by atoms with E-state index < -0.39 is 16.0 Å². The number of esters is 1. The standard InChI is InChI=1S/C23H29N3O5S/c1-4-18-20(23(28)31-3)15(2)21(24-18)22(27)26-13-10-16-14-17(8-9-19(16)26)32(29,30)25-11-6-5-7-12-25/h8-9,14,24H,4-7,10-13H2,1-3H3. The Balaban J connectivity index is 1.64. The van der Waals surface area contributed by atoms with Gasteiger partial charge in [0.05, 0.1) is 17.6 Å². The van der Waals surface area contributed by atoms with Crippen LogP contribution in [0.1, 0.15) is 63.9 Å². The first-order valence-corrected chi connectivity index (χ1v) is 12.5. The number of carbonyl (C=O) groups is 2. The molecule has 0 aliphatic carbocycles. The van der Waals surface area contributed by atoms with Gasteiger partial charge in [-0.15, -0.1) is 0 Å². The summed E-state index contributed by atoms with van der Waals surface area (Å²) in [6.07, 6.45) is 3.97. The summed E-state index contributed by atoms with van der Waals surface area (Å²) in [5, 5.41) is 0. The SMILES string of the molecule is CCc1[nH]c(C(=O)N2CCc3cc(S(=O)(=O)N4CCCCC4)ccc32)c(C)c1C(=O)OC. The second-order valence-corrected chi connectivity index (χ2v) is 10.2. The fourth-order valence-corrected chi connectivity index (χ4v) is 6.22. The maximum Gasteiger partial charge on any atom is 0.339 e. The molecule has 1 N–H and O–H groups in total. The summed E-state index contributed by atoms with van der Waals surface area (Å²) < 4.78 is 32.5. The summed E-state index contributed by atoms with van der Waals surface area (Å²) >= 11 is 0. The van der Waals surface area contributed by atoms with Gasteiger partial charge in [0.25, 0.3) is 5.91 Å². The molecule has 2 aliphatic heterocycles. The highest BCUT2D eigenvalue weighted by Gasteiger charge is 2.32. The van der Waals surface area contributed by atoms with Crippen molar-refractivity contribution in [2.24, 2.45) is 0 Å². The van der Waals surface area contributed by atoms with E-state index in [1.165, 1.54) is 7.11 Å². The number of piperidine rings is 1. The van der Waals surface area contributed by atoms with Crippen LogP contribution in [0.15, 0.2) is 23.1 Å². The van der Waals surface area contributed by atoms with Gasteiger partial charge in [-0.25, -0.2) is 13.2 Å². The van der Waals surface area contributed by atoms with E-state index in [-0.39, 0.29) is 10.8 Å². The molecule has 1 aromatic heterocycles. The zero-order valence-corrected chi connectivity index (χ0v) is 19.5. The van der Waals surface area contributed by atoms with Gasteiger partial charge in [0.1, 0.15) is 5.69 Å². The third-order valence-electron chi connectivity index (χ3n) is 6.43. The third-order valence-corrected chi connectivity index (χ3v) is 8.32. The number of aromatic amines is 1. The van der Waals surface area contributed by atoms with Gasteiger partial charge in [0.15, 0.2) is 0 Å². The molecule has 1 aromatic carbocycles. The zero-order chi connectivity index (χ0) is 23.0. The Morgan fingerprint density at radius 1 is 1.12 bits per heavy atom. The Morgan fingerprint density at radius 2 is 1.84 bits per heavy atom. The van der Waals surface area contributed by atoms with E-state index in [0.717, 1.165) is 24.8 Å². The summed E-state index contributed by atoms with van der Waals surface area (Å²) in [7, 11) is -2.20. The number of fused-ring (bicyclic) bond motifs is 1. The van der Waals surface area contributed by atoms with Crippen LogP contribution in [-0.2, 0) is 27.6 Å². The van der Waals surface area contributed by atoms with Crippen LogP contribution in [0.4, 0.5) is 5.69 Å². The number of nitrogens with one attached hydrogen (secondary N) is 1. The molecule has 0 bridgehead atoms. The summed E-state index contributed by atoms with van der Waals surface area (Å²) in [5.41, 5.74) is 3.54. The number of amides is 1. The van der Waals surface area contributed by atoms with Gasteiger partial charge in [-0.2, -0.15) is 4.31 Å². The normalized spacial score (nSPS) is 16.8. The molecular formula is C23H29N3O5S. The molecule has 0 atom stereocenters. The van der Waals surface area contributed by atoms with Crippen LogP contribution in [0.2, 0.25) is 0 Å². The third kappa shape index (κ3) is 3.73. The fourth-order valence-electron chi connectivity index (χ4n) is 4.65. The number of H-pyrrole nitrogens is 1.